The van der Waals surface area contributed by atoms with Crippen LogP contribution in [0.4, 0.5) is 0 Å². The van der Waals surface area contributed by atoms with Crippen molar-refractivity contribution in [2.75, 3.05) is 26.2 Å². The molecule has 2 saturated heterocycles. The Kier molecular flexibility index (Phi) is 7.15. The number of ether oxygens (including phenoxy) is 1. The largest absolute Gasteiger partial charge is 0.510 e. The highest BCUT2D eigenvalue weighted by Gasteiger charge is 2.62. The third-order valence-electron chi connectivity index (χ3n) is 8.47. The van der Waals surface area contributed by atoms with Gasteiger partial charge in [-0.1, -0.05) is 35.4 Å². The van der Waals surface area contributed by atoms with Crippen molar-refractivity contribution in [1.29, 1.82) is 0 Å². The molecule has 0 radical (unpaired) electrons. The second-order valence-electron chi connectivity index (χ2n) is 10.7. The molecule has 2 aromatic rings. The second kappa shape index (κ2) is 10.0. The Labute approximate surface area is 230 Å². The number of rotatable bonds is 6. The Hall–Kier alpha value is -2.73. The number of hydrogen-bond acceptors (Lipinski definition) is 7. The molecule has 39 heavy (non-hydrogen) atoms. The van der Waals surface area contributed by atoms with Gasteiger partial charge in [-0.25, -0.2) is 21.6 Å². The van der Waals surface area contributed by atoms with Gasteiger partial charge in [0.15, 0.2) is 0 Å². The average molecular weight is 575 g/mol. The molecular weight excluding hydrogens is 540 g/mol. The van der Waals surface area contributed by atoms with Crippen molar-refractivity contribution >= 4 is 26.0 Å². The molecule has 3 aliphatic rings. The van der Waals surface area contributed by atoms with E-state index in [4.69, 9.17) is 4.74 Å². The normalized spacial score (nSPS) is 26.2. The van der Waals surface area contributed by atoms with Crippen molar-refractivity contribution in [2.24, 2.45) is 11.3 Å². The van der Waals surface area contributed by atoms with E-state index in [1.54, 1.807) is 43.3 Å². The molecule has 0 aromatic heterocycles. The van der Waals surface area contributed by atoms with Gasteiger partial charge in [-0.3, -0.25) is 0 Å². The molecule has 2 fully saturated rings. The van der Waals surface area contributed by atoms with E-state index in [-0.39, 0.29) is 59.7 Å². The fourth-order valence-electron chi connectivity index (χ4n) is 6.39. The van der Waals surface area contributed by atoms with Gasteiger partial charge >= 0.3 is 5.97 Å². The van der Waals surface area contributed by atoms with Gasteiger partial charge in [0.05, 0.1) is 28.0 Å². The summed E-state index contributed by atoms with van der Waals surface area (Å²) in [5.74, 6) is -1.22. The maximum atomic E-state index is 13.9. The van der Waals surface area contributed by atoms with Gasteiger partial charge in [0.2, 0.25) is 20.0 Å². The Balaban J connectivity index is 1.60. The van der Waals surface area contributed by atoms with Crippen LogP contribution in [0.1, 0.15) is 37.3 Å². The first-order chi connectivity index (χ1) is 18.4. The maximum absolute atomic E-state index is 13.9. The monoisotopic (exact) mass is 574 g/mol. The minimum Gasteiger partial charge on any atom is -0.510 e. The van der Waals surface area contributed by atoms with E-state index in [1.807, 2.05) is 13.8 Å². The Bertz CT molecular complexity index is 1520. The number of aliphatic hydroxyl groups excluding tert-OH is 1. The van der Waals surface area contributed by atoms with E-state index < -0.39 is 37.5 Å². The molecule has 11 heteroatoms. The summed E-state index contributed by atoms with van der Waals surface area (Å²) in [6.07, 6.45) is 0.988. The number of piperidine rings is 1. The minimum absolute atomic E-state index is 0.0403. The van der Waals surface area contributed by atoms with Gasteiger partial charge in [-0.2, -0.15) is 8.61 Å². The highest BCUT2D eigenvalue weighted by Crippen LogP contribution is 2.57. The number of carbonyl (C=O) groups is 1. The summed E-state index contributed by atoms with van der Waals surface area (Å²) in [7, 11) is -7.93. The quantitative estimate of drug-likeness (QED) is 0.524. The SMILES string of the molecule is CCOC(=O)C1=C(O)[C@@H]2N(S(=O)(=O)c3ccc(C)cc3)CC[C@@]23CN(S(=O)(=O)c2ccc(C)cc2)CC[C@H]3C1. The third-order valence-corrected chi connectivity index (χ3v) is 12.2. The van der Waals surface area contributed by atoms with Crippen molar-refractivity contribution in [1.82, 2.24) is 8.61 Å². The topological polar surface area (TPSA) is 121 Å². The van der Waals surface area contributed by atoms with Gasteiger partial charge in [0, 0.05) is 25.0 Å². The van der Waals surface area contributed by atoms with Crippen LogP contribution in [-0.2, 0) is 29.6 Å². The average Bonchev–Trinajstić information content (AvgIpc) is 3.29. The molecule has 2 heterocycles. The predicted molar refractivity (Wildman–Crippen MR) is 145 cm³/mol. The van der Waals surface area contributed by atoms with Crippen molar-refractivity contribution in [3.05, 3.63) is 71.0 Å². The zero-order valence-corrected chi connectivity index (χ0v) is 24.0. The highest BCUT2D eigenvalue weighted by atomic mass is 32.2. The van der Waals surface area contributed by atoms with Crippen molar-refractivity contribution in [3.8, 4) is 0 Å². The molecule has 3 atom stereocenters. The van der Waals surface area contributed by atoms with E-state index >= 15 is 0 Å². The van der Waals surface area contributed by atoms with Crippen LogP contribution in [0, 0.1) is 25.2 Å². The molecule has 0 unspecified atom stereocenters. The zero-order chi connectivity index (χ0) is 28.2. The smallest absolute Gasteiger partial charge is 0.337 e. The Morgan fingerprint density at radius 3 is 2.08 bits per heavy atom. The van der Waals surface area contributed by atoms with E-state index in [1.165, 1.54) is 20.7 Å². The van der Waals surface area contributed by atoms with Crippen LogP contribution in [0.25, 0.3) is 0 Å². The van der Waals surface area contributed by atoms with Gasteiger partial charge in [-0.15, -0.1) is 0 Å². The molecular formula is C28H34N2O7S2. The molecule has 210 valence electrons. The number of benzene rings is 2. The van der Waals surface area contributed by atoms with Crippen LogP contribution < -0.4 is 0 Å². The van der Waals surface area contributed by atoms with Gasteiger partial charge in [0.1, 0.15) is 5.76 Å². The lowest BCUT2D eigenvalue weighted by molar-refractivity contribution is -0.139. The number of carbonyl (C=O) groups excluding carboxylic acids is 1. The molecule has 2 aromatic carbocycles. The van der Waals surface area contributed by atoms with Gasteiger partial charge in [0.25, 0.3) is 0 Å². The van der Waals surface area contributed by atoms with Crippen LogP contribution in [0.15, 0.2) is 69.7 Å². The fourth-order valence-corrected chi connectivity index (χ4v) is 9.60. The number of nitrogens with zero attached hydrogens (tertiary/aromatic N) is 2. The highest BCUT2D eigenvalue weighted by molar-refractivity contribution is 7.89. The molecule has 1 spiro atoms. The third kappa shape index (κ3) is 4.59. The Morgan fingerprint density at radius 1 is 0.949 bits per heavy atom. The van der Waals surface area contributed by atoms with Crippen LogP contribution in [0.5, 0.6) is 0 Å². The summed E-state index contributed by atoms with van der Waals surface area (Å²) >= 11 is 0. The number of aryl methyl sites for hydroxylation is 2. The predicted octanol–water partition coefficient (Wildman–Crippen LogP) is 3.54. The lowest BCUT2D eigenvalue weighted by Crippen LogP contribution is -2.59. The summed E-state index contributed by atoms with van der Waals surface area (Å²) in [5.41, 5.74) is 1.02. The van der Waals surface area contributed by atoms with Gasteiger partial charge in [-0.05, 0) is 70.2 Å². The molecule has 1 N–H and O–H groups in total. The first kappa shape index (κ1) is 27.8. The second-order valence-corrected chi connectivity index (χ2v) is 14.6. The molecule has 1 aliphatic carbocycles. The van der Waals surface area contributed by atoms with Gasteiger partial charge < -0.3 is 9.84 Å². The number of sulfonamides is 2. The molecule has 5 rings (SSSR count). The van der Waals surface area contributed by atoms with Crippen molar-refractivity contribution in [2.45, 2.75) is 55.9 Å². The van der Waals surface area contributed by atoms with Crippen LogP contribution in [0.2, 0.25) is 0 Å². The number of hydrogen-bond donors (Lipinski definition) is 1. The molecule has 9 nitrogen and oxygen atoms in total. The summed E-state index contributed by atoms with van der Waals surface area (Å²) < 4.78 is 63.0. The minimum atomic E-state index is -4.07. The molecule has 0 amide bonds. The zero-order valence-electron chi connectivity index (χ0n) is 22.3. The molecule has 0 bridgehead atoms. The van der Waals surface area contributed by atoms with E-state index in [0.717, 1.165) is 11.1 Å². The lowest BCUT2D eigenvalue weighted by atomic mass is 9.61. The van der Waals surface area contributed by atoms with E-state index in [2.05, 4.69) is 0 Å². The Morgan fingerprint density at radius 2 is 1.51 bits per heavy atom. The van der Waals surface area contributed by atoms with E-state index in [9.17, 15) is 26.7 Å². The summed E-state index contributed by atoms with van der Waals surface area (Å²) in [5, 5.41) is 11.5. The van der Waals surface area contributed by atoms with Crippen molar-refractivity contribution < 1.29 is 31.5 Å². The first-order valence-corrected chi connectivity index (χ1v) is 16.0. The number of esters is 1. The maximum Gasteiger partial charge on any atom is 0.337 e. The molecule has 0 saturated carbocycles. The fraction of sp³-hybridized carbons (Fsp3) is 0.464. The van der Waals surface area contributed by atoms with Crippen molar-refractivity contribution in [3.63, 3.8) is 0 Å². The number of aliphatic hydroxyl groups is 1. The lowest BCUT2D eigenvalue weighted by Gasteiger charge is -2.52. The summed E-state index contributed by atoms with van der Waals surface area (Å²) in [4.78, 5) is 13.1. The summed E-state index contributed by atoms with van der Waals surface area (Å²) in [6, 6.07) is 12.0. The standard InChI is InChI=1S/C28H34N2O7S2/c1-4-37-27(32)24-17-21-13-15-29(38(33,34)22-9-5-19(2)6-10-22)18-28(21)14-16-30(26(28)25(24)31)39(35,36)23-11-7-20(3)8-12-23/h5-12,21,26,31H,4,13-18H2,1-3H3/t21-,26-,28-/m0/s1. The van der Waals surface area contributed by atoms with E-state index in [0.29, 0.717) is 12.8 Å². The molecule has 2 aliphatic heterocycles. The first-order valence-electron chi connectivity index (χ1n) is 13.2. The summed E-state index contributed by atoms with van der Waals surface area (Å²) in [6.45, 7) is 5.89. The van der Waals surface area contributed by atoms with Crippen LogP contribution >= 0.6 is 0 Å². The van der Waals surface area contributed by atoms with Crippen LogP contribution in [0.3, 0.4) is 0 Å². The van der Waals surface area contributed by atoms with Crippen LogP contribution in [-0.4, -0.2) is 68.8 Å².